The van der Waals surface area contributed by atoms with Crippen molar-refractivity contribution in [1.29, 1.82) is 0 Å². The van der Waals surface area contributed by atoms with Crippen molar-refractivity contribution in [2.24, 2.45) is 0 Å². The van der Waals surface area contributed by atoms with Crippen molar-refractivity contribution in [3.63, 3.8) is 0 Å². The number of hydrogen-bond acceptors (Lipinski definition) is 2. The Morgan fingerprint density at radius 3 is 2.33 bits per heavy atom. The van der Waals surface area contributed by atoms with Gasteiger partial charge in [-0.15, -0.1) is 0 Å². The number of benzene rings is 2. The zero-order chi connectivity index (χ0) is 15.5. The summed E-state index contributed by atoms with van der Waals surface area (Å²) in [5.74, 6) is -0.937. The van der Waals surface area contributed by atoms with Gasteiger partial charge in [0.2, 0.25) is 0 Å². The second-order valence-corrected chi connectivity index (χ2v) is 4.23. The van der Waals surface area contributed by atoms with Crippen LogP contribution in [0.3, 0.4) is 0 Å². The topological polar surface area (TPSA) is 38.3 Å². The molecule has 21 heavy (non-hydrogen) atoms. The van der Waals surface area contributed by atoms with E-state index < -0.39 is 17.6 Å². The number of carbonyl (C=O) groups excluding carboxylic acids is 1. The van der Waals surface area contributed by atoms with E-state index in [1.165, 1.54) is 6.07 Å². The summed E-state index contributed by atoms with van der Waals surface area (Å²) in [4.78, 5) is 12.0. The molecule has 0 unspecified atom stereocenters. The Morgan fingerprint density at radius 2 is 1.76 bits per heavy atom. The van der Waals surface area contributed by atoms with Gasteiger partial charge in [-0.1, -0.05) is 18.2 Å². The first-order valence-corrected chi connectivity index (χ1v) is 6.03. The molecule has 0 aliphatic carbocycles. The molecule has 0 radical (unpaired) electrons. The van der Waals surface area contributed by atoms with Crippen molar-refractivity contribution in [3.05, 3.63) is 59.7 Å². The van der Waals surface area contributed by atoms with Gasteiger partial charge >= 0.3 is 6.18 Å². The highest BCUT2D eigenvalue weighted by Gasteiger charge is 2.35. The minimum atomic E-state index is -4.59. The number of halogens is 3. The number of carbonyl (C=O) groups is 1. The quantitative estimate of drug-likeness (QED) is 0.930. The average molecular weight is 295 g/mol. The van der Waals surface area contributed by atoms with Crippen LogP contribution in [0, 0.1) is 0 Å². The van der Waals surface area contributed by atoms with Gasteiger partial charge in [-0.05, 0) is 30.3 Å². The molecule has 0 spiro atoms. The highest BCUT2D eigenvalue weighted by Crippen LogP contribution is 2.36. The van der Waals surface area contributed by atoms with Crippen molar-refractivity contribution in [2.45, 2.75) is 6.18 Å². The van der Waals surface area contributed by atoms with E-state index in [1.807, 2.05) is 0 Å². The Hall–Kier alpha value is -2.50. The maximum Gasteiger partial charge on any atom is 0.419 e. The third-order valence-electron chi connectivity index (χ3n) is 2.80. The lowest BCUT2D eigenvalue weighted by molar-refractivity contribution is -0.138. The molecule has 6 heteroatoms. The number of hydrogen-bond donors (Lipinski definition) is 1. The van der Waals surface area contributed by atoms with Gasteiger partial charge in [0.25, 0.3) is 5.91 Å². The molecule has 3 nitrogen and oxygen atoms in total. The molecule has 0 aliphatic heterocycles. The van der Waals surface area contributed by atoms with Crippen molar-refractivity contribution in [2.75, 3.05) is 12.4 Å². The zero-order valence-corrected chi connectivity index (χ0v) is 11.1. The molecular weight excluding hydrogens is 283 g/mol. The second kappa shape index (κ2) is 5.87. The smallest absolute Gasteiger partial charge is 0.419 e. The van der Waals surface area contributed by atoms with Gasteiger partial charge in [0, 0.05) is 11.3 Å². The summed E-state index contributed by atoms with van der Waals surface area (Å²) in [5.41, 5.74) is -0.565. The van der Waals surface area contributed by atoms with Crippen LogP contribution in [-0.4, -0.2) is 13.0 Å². The number of alkyl halides is 3. The van der Waals surface area contributed by atoms with Crippen molar-refractivity contribution in [3.8, 4) is 5.75 Å². The molecule has 2 aromatic carbocycles. The number of nitrogens with one attached hydrogen (secondary N) is 1. The summed E-state index contributed by atoms with van der Waals surface area (Å²) in [6.45, 7) is 0. The number of rotatable bonds is 3. The Kier molecular flexibility index (Phi) is 4.16. The number of ether oxygens (including phenoxy) is 1. The van der Waals surface area contributed by atoms with Crippen molar-refractivity contribution < 1.29 is 22.7 Å². The van der Waals surface area contributed by atoms with E-state index in [9.17, 15) is 18.0 Å². The van der Waals surface area contributed by atoms with E-state index in [2.05, 4.69) is 10.1 Å². The summed E-state index contributed by atoms with van der Waals surface area (Å²) in [7, 11) is 1.15. The number of para-hydroxylation sites is 1. The number of methoxy groups -OCH3 is 1. The number of anilines is 1. The maximum absolute atomic E-state index is 12.9. The van der Waals surface area contributed by atoms with E-state index in [0.29, 0.717) is 5.69 Å². The molecule has 110 valence electrons. The first kappa shape index (κ1) is 14.9. The zero-order valence-electron chi connectivity index (χ0n) is 11.1. The predicted octanol–water partition coefficient (Wildman–Crippen LogP) is 3.97. The third kappa shape index (κ3) is 3.53. The van der Waals surface area contributed by atoms with E-state index in [-0.39, 0.29) is 11.3 Å². The minimum absolute atomic E-state index is 0.0908. The minimum Gasteiger partial charge on any atom is -0.496 e. The summed E-state index contributed by atoms with van der Waals surface area (Å²) < 4.78 is 43.4. The predicted molar refractivity (Wildman–Crippen MR) is 72.4 cm³/mol. The Labute approximate surface area is 119 Å². The molecule has 1 N–H and O–H groups in total. The van der Waals surface area contributed by atoms with Gasteiger partial charge in [-0.25, -0.2) is 0 Å². The molecule has 0 bridgehead atoms. The Balaban J connectivity index is 2.30. The summed E-state index contributed by atoms with van der Waals surface area (Å²) in [5, 5.41) is 2.53. The van der Waals surface area contributed by atoms with E-state index >= 15 is 0 Å². The normalized spacial score (nSPS) is 11.0. The highest BCUT2D eigenvalue weighted by molar-refractivity contribution is 6.04. The molecule has 0 aromatic heterocycles. The van der Waals surface area contributed by atoms with Gasteiger partial charge in [-0.3, -0.25) is 4.79 Å². The van der Waals surface area contributed by atoms with E-state index in [1.54, 1.807) is 30.3 Å². The molecule has 2 aromatic rings. The van der Waals surface area contributed by atoms with Crippen LogP contribution in [-0.2, 0) is 6.18 Å². The summed E-state index contributed by atoms with van der Waals surface area (Å²) in [6, 6.07) is 11.7. The fourth-order valence-corrected chi connectivity index (χ4v) is 1.80. The molecule has 0 saturated heterocycles. The van der Waals surface area contributed by atoms with Crippen LogP contribution in [0.15, 0.2) is 48.5 Å². The van der Waals surface area contributed by atoms with Crippen LogP contribution < -0.4 is 10.1 Å². The largest absolute Gasteiger partial charge is 0.496 e. The van der Waals surface area contributed by atoms with Crippen molar-refractivity contribution >= 4 is 11.6 Å². The van der Waals surface area contributed by atoms with E-state index in [4.69, 9.17) is 0 Å². The maximum atomic E-state index is 12.9. The second-order valence-electron chi connectivity index (χ2n) is 4.23. The summed E-state index contributed by atoms with van der Waals surface area (Å²) in [6.07, 6.45) is -4.59. The molecule has 0 atom stereocenters. The molecule has 0 heterocycles. The molecule has 0 aliphatic rings. The molecule has 1 amide bonds. The average Bonchev–Trinajstić information content (AvgIpc) is 2.46. The van der Waals surface area contributed by atoms with Gasteiger partial charge in [0.15, 0.2) is 0 Å². The third-order valence-corrected chi connectivity index (χ3v) is 2.80. The fourth-order valence-electron chi connectivity index (χ4n) is 1.80. The lowest BCUT2D eigenvalue weighted by Gasteiger charge is -2.13. The summed E-state index contributed by atoms with van der Waals surface area (Å²) >= 11 is 0. The van der Waals surface area contributed by atoms with Crippen LogP contribution >= 0.6 is 0 Å². The van der Waals surface area contributed by atoms with Crippen LogP contribution in [0.5, 0.6) is 5.75 Å². The van der Waals surface area contributed by atoms with Crippen LogP contribution in [0.4, 0.5) is 18.9 Å². The van der Waals surface area contributed by atoms with E-state index in [0.717, 1.165) is 19.2 Å². The SMILES string of the molecule is COc1ccc(C(=O)Nc2ccccc2)cc1C(F)(F)F. The monoisotopic (exact) mass is 295 g/mol. The van der Waals surface area contributed by atoms with Gasteiger partial charge in [-0.2, -0.15) is 13.2 Å². The first-order chi connectivity index (χ1) is 9.91. The number of amides is 1. The first-order valence-electron chi connectivity index (χ1n) is 6.03. The van der Waals surface area contributed by atoms with Gasteiger partial charge in [0.05, 0.1) is 12.7 Å². The molecule has 2 rings (SSSR count). The highest BCUT2D eigenvalue weighted by atomic mass is 19.4. The lowest BCUT2D eigenvalue weighted by atomic mass is 10.1. The molecular formula is C15H12F3NO2. The van der Waals surface area contributed by atoms with Crippen LogP contribution in [0.1, 0.15) is 15.9 Å². The van der Waals surface area contributed by atoms with Gasteiger partial charge < -0.3 is 10.1 Å². The van der Waals surface area contributed by atoms with Gasteiger partial charge in [0.1, 0.15) is 5.75 Å². The van der Waals surface area contributed by atoms with Crippen LogP contribution in [0.2, 0.25) is 0 Å². The fraction of sp³-hybridized carbons (Fsp3) is 0.133. The Morgan fingerprint density at radius 1 is 1.10 bits per heavy atom. The van der Waals surface area contributed by atoms with Crippen LogP contribution in [0.25, 0.3) is 0 Å². The molecule has 0 fully saturated rings. The van der Waals surface area contributed by atoms with Crippen molar-refractivity contribution in [1.82, 2.24) is 0 Å². The molecule has 0 saturated carbocycles. The Bertz CT molecular complexity index is 639. The lowest BCUT2D eigenvalue weighted by Crippen LogP contribution is -2.14. The standard InChI is InChI=1S/C15H12F3NO2/c1-21-13-8-7-10(9-12(13)15(16,17)18)14(20)19-11-5-3-2-4-6-11/h2-9H,1H3,(H,19,20).